The van der Waals surface area contributed by atoms with Crippen molar-refractivity contribution in [2.45, 2.75) is 32.3 Å². The Hall–Kier alpha value is -3.23. The van der Waals surface area contributed by atoms with E-state index in [4.69, 9.17) is 32.4 Å². The molecule has 0 unspecified atom stereocenters. The largest absolute Gasteiger partial charge is 0.469 e. The number of ether oxygens (including phenoxy) is 1. The minimum absolute atomic E-state index is 0.0607. The lowest BCUT2D eigenvalue weighted by molar-refractivity contribution is -0.146. The molecule has 5 nitrogen and oxygen atoms in total. The van der Waals surface area contributed by atoms with Gasteiger partial charge in [0.1, 0.15) is 24.0 Å². The van der Waals surface area contributed by atoms with Crippen molar-refractivity contribution in [1.29, 1.82) is 0 Å². The molecular weight excluding hydrogens is 593 g/mol. The van der Waals surface area contributed by atoms with E-state index in [1.807, 2.05) is 31.2 Å². The van der Waals surface area contributed by atoms with E-state index in [9.17, 15) is 13.6 Å². The normalized spacial score (nSPS) is 14.4. The van der Waals surface area contributed by atoms with Crippen molar-refractivity contribution in [2.75, 3.05) is 39.3 Å². The van der Waals surface area contributed by atoms with E-state index in [1.54, 1.807) is 24.5 Å². The summed E-state index contributed by atoms with van der Waals surface area (Å²) < 4.78 is 38.3. The third kappa shape index (κ3) is 8.03. The number of aryl methyl sites for hydroxylation is 1. The number of esters is 1. The van der Waals surface area contributed by atoms with Gasteiger partial charge in [-0.1, -0.05) is 53.5 Å². The number of hydrogen-bond acceptors (Lipinski definition) is 5. The molecule has 0 N–H and O–H groups in total. The van der Waals surface area contributed by atoms with Gasteiger partial charge in [0.15, 0.2) is 0 Å². The predicted molar refractivity (Wildman–Crippen MR) is 165 cm³/mol. The Kier molecular flexibility index (Phi) is 10.5. The first-order chi connectivity index (χ1) is 20.8. The summed E-state index contributed by atoms with van der Waals surface area (Å²) >= 11 is 12.8. The van der Waals surface area contributed by atoms with Crippen molar-refractivity contribution in [2.24, 2.45) is 0 Å². The molecule has 0 saturated carbocycles. The summed E-state index contributed by atoms with van der Waals surface area (Å²) in [5.41, 5.74) is 4.16. The van der Waals surface area contributed by atoms with Crippen LogP contribution in [0.3, 0.4) is 0 Å². The Balaban J connectivity index is 1.09. The van der Waals surface area contributed by atoms with Crippen LogP contribution in [0.1, 0.15) is 41.2 Å². The van der Waals surface area contributed by atoms with Crippen molar-refractivity contribution in [3.8, 4) is 11.1 Å². The second kappa shape index (κ2) is 14.5. The molecule has 0 atom stereocenters. The van der Waals surface area contributed by atoms with Gasteiger partial charge >= 0.3 is 5.97 Å². The van der Waals surface area contributed by atoms with Crippen molar-refractivity contribution in [3.05, 3.63) is 117 Å². The number of halogens is 4. The van der Waals surface area contributed by atoms with E-state index in [0.717, 1.165) is 67.8 Å². The summed E-state index contributed by atoms with van der Waals surface area (Å²) in [4.78, 5) is 17.2. The molecule has 0 aliphatic carbocycles. The Morgan fingerprint density at radius 1 is 0.884 bits per heavy atom. The number of nitrogens with zero attached hydrogens (tertiary/aromatic N) is 2. The summed E-state index contributed by atoms with van der Waals surface area (Å²) in [6, 6.07) is 18.4. The van der Waals surface area contributed by atoms with Crippen LogP contribution in [0.25, 0.3) is 11.1 Å². The number of piperazine rings is 1. The van der Waals surface area contributed by atoms with Crippen LogP contribution < -0.4 is 0 Å². The Bertz CT molecular complexity index is 1450. The van der Waals surface area contributed by atoms with Gasteiger partial charge in [-0.3, -0.25) is 9.69 Å². The molecule has 2 heterocycles. The molecule has 1 saturated heterocycles. The van der Waals surface area contributed by atoms with Crippen molar-refractivity contribution < 1.29 is 22.7 Å². The molecule has 226 valence electrons. The van der Waals surface area contributed by atoms with E-state index >= 15 is 0 Å². The smallest absolute Gasteiger partial charge is 0.320 e. The maximum atomic E-state index is 13.5. The number of hydrogen-bond donors (Lipinski definition) is 0. The van der Waals surface area contributed by atoms with Gasteiger partial charge in [0, 0.05) is 48.8 Å². The molecule has 0 bridgehead atoms. The average molecular weight is 628 g/mol. The fourth-order valence-corrected chi connectivity index (χ4v) is 6.21. The van der Waals surface area contributed by atoms with Crippen LogP contribution in [0, 0.1) is 18.6 Å². The first-order valence-corrected chi connectivity index (χ1v) is 15.2. The number of carbonyl (C=O) groups is 1. The SMILES string of the molecule is Cc1occ(-c2c(Cl)cccc2Cl)c1COC(=O)CN1CCN(CCCC(c2ccc(F)cc2)c2ccc(F)cc2)CC1. The number of rotatable bonds is 11. The summed E-state index contributed by atoms with van der Waals surface area (Å²) in [5.74, 6) is -0.135. The summed E-state index contributed by atoms with van der Waals surface area (Å²) in [6.07, 6.45) is 3.38. The van der Waals surface area contributed by atoms with Gasteiger partial charge in [0.05, 0.1) is 22.9 Å². The van der Waals surface area contributed by atoms with Crippen LogP contribution in [0.5, 0.6) is 0 Å². The Morgan fingerprint density at radius 3 is 2.02 bits per heavy atom. The van der Waals surface area contributed by atoms with Crippen LogP contribution in [0.15, 0.2) is 77.4 Å². The van der Waals surface area contributed by atoms with Gasteiger partial charge in [-0.15, -0.1) is 0 Å². The number of furan rings is 1. The predicted octanol–water partition coefficient (Wildman–Crippen LogP) is 8.11. The number of benzene rings is 3. The van der Waals surface area contributed by atoms with Gasteiger partial charge in [-0.25, -0.2) is 8.78 Å². The molecule has 9 heteroatoms. The van der Waals surface area contributed by atoms with Gasteiger partial charge < -0.3 is 14.1 Å². The van der Waals surface area contributed by atoms with E-state index < -0.39 is 0 Å². The lowest BCUT2D eigenvalue weighted by Crippen LogP contribution is -2.48. The molecule has 0 spiro atoms. The maximum Gasteiger partial charge on any atom is 0.320 e. The Labute approximate surface area is 261 Å². The minimum atomic E-state index is -0.299. The molecule has 3 aromatic carbocycles. The Morgan fingerprint density at radius 2 is 1.44 bits per heavy atom. The molecule has 1 aliphatic heterocycles. The van der Waals surface area contributed by atoms with E-state index in [-0.39, 0.29) is 36.7 Å². The molecule has 1 aromatic heterocycles. The van der Waals surface area contributed by atoms with Crippen LogP contribution in [-0.4, -0.2) is 55.0 Å². The topological polar surface area (TPSA) is 45.9 Å². The molecule has 0 amide bonds. The van der Waals surface area contributed by atoms with Crippen LogP contribution in [0.2, 0.25) is 10.0 Å². The second-order valence-electron chi connectivity index (χ2n) is 10.9. The van der Waals surface area contributed by atoms with Crippen LogP contribution in [-0.2, 0) is 16.1 Å². The quantitative estimate of drug-likeness (QED) is 0.157. The minimum Gasteiger partial charge on any atom is -0.469 e. The molecule has 4 aromatic rings. The second-order valence-corrected chi connectivity index (χ2v) is 11.7. The van der Waals surface area contributed by atoms with Crippen LogP contribution in [0.4, 0.5) is 8.78 Å². The fraction of sp³-hybridized carbons (Fsp3) is 0.324. The van der Waals surface area contributed by atoms with E-state index in [0.29, 0.717) is 21.4 Å². The van der Waals surface area contributed by atoms with E-state index in [1.165, 1.54) is 24.3 Å². The molecule has 0 radical (unpaired) electrons. The average Bonchev–Trinajstić information content (AvgIpc) is 3.35. The van der Waals surface area contributed by atoms with Gasteiger partial charge in [0.25, 0.3) is 0 Å². The molecular formula is C34H34Cl2F2N2O3. The maximum absolute atomic E-state index is 13.5. The summed E-state index contributed by atoms with van der Waals surface area (Å²) in [7, 11) is 0. The van der Waals surface area contributed by atoms with E-state index in [2.05, 4.69) is 9.80 Å². The standard InChI is InChI=1S/C34H34Cl2F2N2O3/c1-23-29(30(22-42-23)34-31(35)5-2-6-32(34)36)21-43-33(41)20-40-18-16-39(17-19-40)15-3-4-28(24-7-11-26(37)12-8-24)25-9-13-27(38)14-10-25/h2,5-14,22,28H,3-4,15-21H2,1H3. The lowest BCUT2D eigenvalue weighted by atomic mass is 9.87. The monoisotopic (exact) mass is 626 g/mol. The highest BCUT2D eigenvalue weighted by Gasteiger charge is 2.23. The molecule has 1 fully saturated rings. The highest BCUT2D eigenvalue weighted by atomic mass is 35.5. The third-order valence-electron chi connectivity index (χ3n) is 8.04. The van der Waals surface area contributed by atoms with Crippen molar-refractivity contribution in [3.63, 3.8) is 0 Å². The fourth-order valence-electron chi connectivity index (χ4n) is 5.61. The molecule has 43 heavy (non-hydrogen) atoms. The van der Waals surface area contributed by atoms with Crippen molar-refractivity contribution >= 4 is 29.2 Å². The first kappa shape index (κ1) is 31.2. The van der Waals surface area contributed by atoms with Crippen LogP contribution >= 0.6 is 23.2 Å². The zero-order valence-corrected chi connectivity index (χ0v) is 25.5. The third-order valence-corrected chi connectivity index (χ3v) is 8.67. The lowest BCUT2D eigenvalue weighted by Gasteiger charge is -2.34. The van der Waals surface area contributed by atoms with Crippen molar-refractivity contribution in [1.82, 2.24) is 9.80 Å². The molecule has 5 rings (SSSR count). The van der Waals surface area contributed by atoms with Gasteiger partial charge in [-0.2, -0.15) is 0 Å². The summed E-state index contributed by atoms with van der Waals surface area (Å²) in [6.45, 7) is 6.23. The zero-order valence-electron chi connectivity index (χ0n) is 24.0. The van der Waals surface area contributed by atoms with Gasteiger partial charge in [0.2, 0.25) is 0 Å². The number of carbonyl (C=O) groups excluding carboxylic acids is 1. The highest BCUT2D eigenvalue weighted by molar-refractivity contribution is 6.39. The van der Waals surface area contributed by atoms with Gasteiger partial charge in [-0.05, 0) is 73.8 Å². The first-order valence-electron chi connectivity index (χ1n) is 14.4. The summed E-state index contributed by atoms with van der Waals surface area (Å²) in [5, 5.41) is 1.00. The molecule has 1 aliphatic rings. The zero-order chi connectivity index (χ0) is 30.3. The highest BCUT2D eigenvalue weighted by Crippen LogP contribution is 2.38.